The molecule has 1 aromatic carbocycles. The van der Waals surface area contributed by atoms with E-state index in [0.29, 0.717) is 6.04 Å². The van der Waals surface area contributed by atoms with Crippen LogP contribution in [0.25, 0.3) is 11.1 Å². The second-order valence-electron chi connectivity index (χ2n) is 6.33. The molecule has 0 aliphatic heterocycles. The van der Waals surface area contributed by atoms with Gasteiger partial charge in [0, 0.05) is 17.8 Å². The summed E-state index contributed by atoms with van der Waals surface area (Å²) in [5.74, 6) is 1.72. The lowest BCUT2D eigenvalue weighted by Gasteiger charge is -2.33. The number of benzene rings is 1. The van der Waals surface area contributed by atoms with E-state index in [-0.39, 0.29) is 0 Å². The van der Waals surface area contributed by atoms with Gasteiger partial charge in [-0.1, -0.05) is 13.3 Å². The number of oxazole rings is 1. The number of hydrogen-bond donors (Lipinski definition) is 1. The molecule has 3 rings (SSSR count). The van der Waals surface area contributed by atoms with Gasteiger partial charge in [0.25, 0.3) is 0 Å². The van der Waals surface area contributed by atoms with Gasteiger partial charge < -0.3 is 10.2 Å². The van der Waals surface area contributed by atoms with E-state index in [1.165, 1.54) is 32.1 Å². The first-order valence-electron chi connectivity index (χ1n) is 8.01. The van der Waals surface area contributed by atoms with Gasteiger partial charge in [0.15, 0.2) is 5.58 Å². The average molecular weight is 287 g/mol. The fraction of sp³-hybridized carbons (Fsp3) is 0.588. The predicted molar refractivity (Wildman–Crippen MR) is 85.9 cm³/mol. The maximum atomic E-state index is 5.82. The molecule has 0 saturated heterocycles. The smallest absolute Gasteiger partial charge is 0.209 e. The zero-order valence-corrected chi connectivity index (χ0v) is 13.0. The molecule has 0 bridgehead atoms. The molecule has 2 aromatic rings. The lowest BCUT2D eigenvalue weighted by atomic mass is 9.84. The van der Waals surface area contributed by atoms with Crippen LogP contribution in [0.3, 0.4) is 0 Å². The summed E-state index contributed by atoms with van der Waals surface area (Å²) in [7, 11) is 2.18. The molecule has 4 heteroatoms. The molecule has 1 fully saturated rings. The molecule has 114 valence electrons. The Labute approximate surface area is 126 Å². The first-order valence-corrected chi connectivity index (χ1v) is 8.01. The molecular weight excluding hydrogens is 262 g/mol. The van der Waals surface area contributed by atoms with E-state index < -0.39 is 0 Å². The Kier molecular flexibility index (Phi) is 4.15. The van der Waals surface area contributed by atoms with Gasteiger partial charge in [0.1, 0.15) is 5.52 Å². The van der Waals surface area contributed by atoms with Gasteiger partial charge in [-0.05, 0) is 50.8 Å². The molecule has 1 saturated carbocycles. The standard InChI is InChI=1S/C17H25N3O/c1-3-12-4-7-14(8-5-12)20(2)11-17-19-15-9-6-13(18)10-16(15)21-17/h6,9-10,12,14H,3-5,7-8,11,18H2,1-2H3. The molecule has 1 aliphatic carbocycles. The van der Waals surface area contributed by atoms with E-state index >= 15 is 0 Å². The SMILES string of the molecule is CCC1CCC(N(C)Cc2nc3ccc(N)cc3o2)CC1. The average Bonchev–Trinajstić information content (AvgIpc) is 2.88. The summed E-state index contributed by atoms with van der Waals surface area (Å²) in [5, 5.41) is 0. The Morgan fingerprint density at radius 1 is 1.29 bits per heavy atom. The van der Waals surface area contributed by atoms with Crippen molar-refractivity contribution in [3.63, 3.8) is 0 Å². The number of anilines is 1. The molecule has 0 radical (unpaired) electrons. The molecule has 1 heterocycles. The van der Waals surface area contributed by atoms with Crippen LogP contribution in [0.15, 0.2) is 22.6 Å². The third kappa shape index (κ3) is 3.21. The highest BCUT2D eigenvalue weighted by atomic mass is 16.3. The number of fused-ring (bicyclic) bond motifs is 1. The van der Waals surface area contributed by atoms with Crippen molar-refractivity contribution in [3.8, 4) is 0 Å². The maximum absolute atomic E-state index is 5.82. The Morgan fingerprint density at radius 3 is 2.76 bits per heavy atom. The summed E-state index contributed by atoms with van der Waals surface area (Å²) in [6, 6.07) is 6.29. The lowest BCUT2D eigenvalue weighted by molar-refractivity contribution is 0.148. The van der Waals surface area contributed by atoms with Crippen LogP contribution in [0.5, 0.6) is 0 Å². The van der Waals surface area contributed by atoms with Crippen LogP contribution < -0.4 is 5.73 Å². The molecule has 2 N–H and O–H groups in total. The molecule has 4 nitrogen and oxygen atoms in total. The second-order valence-corrected chi connectivity index (χ2v) is 6.33. The maximum Gasteiger partial charge on any atom is 0.209 e. The van der Waals surface area contributed by atoms with E-state index in [0.717, 1.165) is 35.1 Å². The lowest BCUT2D eigenvalue weighted by Crippen LogP contribution is -2.34. The summed E-state index contributed by atoms with van der Waals surface area (Å²) < 4.78 is 5.82. The zero-order valence-electron chi connectivity index (χ0n) is 13.0. The van der Waals surface area contributed by atoms with Crippen molar-refractivity contribution in [1.82, 2.24) is 9.88 Å². The largest absolute Gasteiger partial charge is 0.439 e. The molecule has 1 aromatic heterocycles. The second kappa shape index (κ2) is 6.06. The van der Waals surface area contributed by atoms with E-state index in [1.807, 2.05) is 18.2 Å². The van der Waals surface area contributed by atoms with Gasteiger partial charge in [-0.2, -0.15) is 0 Å². The minimum absolute atomic E-state index is 0.660. The van der Waals surface area contributed by atoms with Crippen LogP contribution in [-0.2, 0) is 6.54 Å². The van der Waals surface area contributed by atoms with E-state index in [9.17, 15) is 0 Å². The minimum Gasteiger partial charge on any atom is -0.439 e. The number of nitrogen functional groups attached to an aromatic ring is 1. The number of hydrogen-bond acceptors (Lipinski definition) is 4. The van der Waals surface area contributed by atoms with Crippen molar-refractivity contribution < 1.29 is 4.42 Å². The third-order valence-electron chi connectivity index (χ3n) is 4.86. The molecule has 1 aliphatic rings. The van der Waals surface area contributed by atoms with Crippen LogP contribution in [-0.4, -0.2) is 23.0 Å². The van der Waals surface area contributed by atoms with Crippen LogP contribution in [0.2, 0.25) is 0 Å². The summed E-state index contributed by atoms with van der Waals surface area (Å²) in [6.45, 7) is 3.08. The van der Waals surface area contributed by atoms with Crippen LogP contribution in [0.4, 0.5) is 5.69 Å². The first kappa shape index (κ1) is 14.4. The van der Waals surface area contributed by atoms with Gasteiger partial charge in [0.05, 0.1) is 6.54 Å². The first-order chi connectivity index (χ1) is 10.2. The highest BCUT2D eigenvalue weighted by molar-refractivity contribution is 5.76. The normalized spacial score (nSPS) is 23.0. The highest BCUT2D eigenvalue weighted by Crippen LogP contribution is 2.29. The highest BCUT2D eigenvalue weighted by Gasteiger charge is 2.24. The van der Waals surface area contributed by atoms with Crippen LogP contribution >= 0.6 is 0 Å². The van der Waals surface area contributed by atoms with Crippen molar-refractivity contribution in [2.24, 2.45) is 5.92 Å². The molecule has 0 unspecified atom stereocenters. The summed E-state index contributed by atoms with van der Waals surface area (Å²) in [4.78, 5) is 6.94. The number of rotatable bonds is 4. The number of nitrogens with two attached hydrogens (primary N) is 1. The Hall–Kier alpha value is -1.55. The third-order valence-corrected chi connectivity index (χ3v) is 4.86. The summed E-state index contributed by atoms with van der Waals surface area (Å²) in [6.07, 6.45) is 6.62. The van der Waals surface area contributed by atoms with Gasteiger partial charge >= 0.3 is 0 Å². The zero-order chi connectivity index (χ0) is 14.8. The predicted octanol–water partition coefficient (Wildman–Crippen LogP) is 3.81. The van der Waals surface area contributed by atoms with Crippen molar-refractivity contribution in [1.29, 1.82) is 0 Å². The fourth-order valence-corrected chi connectivity index (χ4v) is 3.39. The molecule has 0 spiro atoms. The monoisotopic (exact) mass is 287 g/mol. The van der Waals surface area contributed by atoms with E-state index in [4.69, 9.17) is 10.2 Å². The van der Waals surface area contributed by atoms with Crippen LogP contribution in [0, 0.1) is 5.92 Å². The Balaban J connectivity index is 1.64. The van der Waals surface area contributed by atoms with Crippen molar-refractivity contribution in [3.05, 3.63) is 24.1 Å². The van der Waals surface area contributed by atoms with Gasteiger partial charge in [-0.15, -0.1) is 0 Å². The van der Waals surface area contributed by atoms with Crippen molar-refractivity contribution >= 4 is 16.8 Å². The van der Waals surface area contributed by atoms with E-state index in [1.54, 1.807) is 0 Å². The van der Waals surface area contributed by atoms with Gasteiger partial charge in [-0.3, -0.25) is 4.90 Å². The Bertz CT molecular complexity index is 599. The van der Waals surface area contributed by atoms with E-state index in [2.05, 4.69) is 23.9 Å². The number of aromatic nitrogens is 1. The van der Waals surface area contributed by atoms with Crippen molar-refractivity contribution in [2.45, 2.75) is 51.6 Å². The fourth-order valence-electron chi connectivity index (χ4n) is 3.39. The summed E-state index contributed by atoms with van der Waals surface area (Å²) in [5.41, 5.74) is 8.17. The quantitative estimate of drug-likeness (QED) is 0.869. The van der Waals surface area contributed by atoms with Gasteiger partial charge in [0.2, 0.25) is 5.89 Å². The topological polar surface area (TPSA) is 55.3 Å². The minimum atomic E-state index is 0.660. The van der Waals surface area contributed by atoms with Gasteiger partial charge in [-0.25, -0.2) is 4.98 Å². The molecule has 21 heavy (non-hydrogen) atoms. The van der Waals surface area contributed by atoms with Crippen molar-refractivity contribution in [2.75, 3.05) is 12.8 Å². The molecule has 0 amide bonds. The molecule has 0 atom stereocenters. The Morgan fingerprint density at radius 2 is 2.05 bits per heavy atom. The number of nitrogens with zero attached hydrogens (tertiary/aromatic N) is 2. The molecular formula is C17H25N3O. The summed E-state index contributed by atoms with van der Waals surface area (Å²) >= 11 is 0. The van der Waals surface area contributed by atoms with Crippen LogP contribution in [0.1, 0.15) is 44.9 Å².